The molecule has 0 amide bonds. The Bertz CT molecular complexity index is 438. The summed E-state index contributed by atoms with van der Waals surface area (Å²) in [6.07, 6.45) is 2.72. The molecule has 3 unspecified atom stereocenters. The van der Waals surface area contributed by atoms with E-state index in [2.05, 4.69) is 32.2 Å². The van der Waals surface area contributed by atoms with E-state index in [1.165, 1.54) is 5.56 Å². The highest BCUT2D eigenvalue weighted by Gasteiger charge is 2.22. The number of halogens is 1. The van der Waals surface area contributed by atoms with Gasteiger partial charge in [0, 0.05) is 6.04 Å². The predicted octanol–water partition coefficient (Wildman–Crippen LogP) is 3.96. The molecule has 3 nitrogen and oxygen atoms in total. The summed E-state index contributed by atoms with van der Waals surface area (Å²) in [6.45, 7) is 7.84. The molecular formula is C16H24ClNO2. The smallest absolute Gasteiger partial charge is 0.138 e. The van der Waals surface area contributed by atoms with Gasteiger partial charge in [0.2, 0.25) is 0 Å². The fraction of sp³-hybridized carbons (Fsp3) is 0.625. The minimum Gasteiger partial charge on any atom is -0.489 e. The van der Waals surface area contributed by atoms with Gasteiger partial charge in [0.05, 0.1) is 17.2 Å². The van der Waals surface area contributed by atoms with Gasteiger partial charge in [0.15, 0.2) is 0 Å². The van der Waals surface area contributed by atoms with Gasteiger partial charge in [-0.25, -0.2) is 0 Å². The maximum Gasteiger partial charge on any atom is 0.138 e. The van der Waals surface area contributed by atoms with Crippen LogP contribution in [0.2, 0.25) is 5.02 Å². The Morgan fingerprint density at radius 3 is 2.85 bits per heavy atom. The van der Waals surface area contributed by atoms with Gasteiger partial charge in [-0.05, 0) is 50.9 Å². The molecule has 1 heterocycles. The molecule has 1 N–H and O–H groups in total. The van der Waals surface area contributed by atoms with Crippen LogP contribution in [0.4, 0.5) is 0 Å². The minimum absolute atomic E-state index is 0.196. The highest BCUT2D eigenvalue weighted by atomic mass is 35.5. The van der Waals surface area contributed by atoms with E-state index < -0.39 is 0 Å². The van der Waals surface area contributed by atoms with Gasteiger partial charge in [-0.15, -0.1) is 0 Å². The highest BCUT2D eigenvalue weighted by Crippen LogP contribution is 2.29. The summed E-state index contributed by atoms with van der Waals surface area (Å²) in [7, 11) is 0. The third-order valence-electron chi connectivity index (χ3n) is 3.71. The molecule has 3 atom stereocenters. The molecule has 0 saturated carbocycles. The average Bonchev–Trinajstić information content (AvgIpc) is 2.83. The minimum atomic E-state index is 0.196. The molecule has 1 aliphatic heterocycles. The average molecular weight is 298 g/mol. The molecule has 1 aromatic rings. The first-order valence-corrected chi connectivity index (χ1v) is 7.79. The first-order valence-electron chi connectivity index (χ1n) is 7.41. The number of ether oxygens (including phenoxy) is 2. The Labute approximate surface area is 126 Å². The zero-order valence-corrected chi connectivity index (χ0v) is 13.2. The molecule has 0 aromatic heterocycles. The number of hydrogen-bond donors (Lipinski definition) is 1. The normalized spacial score (nSPS) is 23.8. The molecule has 4 heteroatoms. The van der Waals surface area contributed by atoms with Crippen molar-refractivity contribution in [3.63, 3.8) is 0 Å². The topological polar surface area (TPSA) is 30.5 Å². The van der Waals surface area contributed by atoms with Gasteiger partial charge in [-0.3, -0.25) is 0 Å². The lowest BCUT2D eigenvalue weighted by molar-refractivity contribution is 0.0265. The van der Waals surface area contributed by atoms with E-state index in [-0.39, 0.29) is 6.10 Å². The van der Waals surface area contributed by atoms with Gasteiger partial charge in [0.1, 0.15) is 12.4 Å². The molecule has 1 fully saturated rings. The van der Waals surface area contributed by atoms with Crippen molar-refractivity contribution in [2.24, 2.45) is 0 Å². The van der Waals surface area contributed by atoms with E-state index >= 15 is 0 Å². The fourth-order valence-corrected chi connectivity index (χ4v) is 2.76. The summed E-state index contributed by atoms with van der Waals surface area (Å²) in [5.74, 6) is 0.738. The van der Waals surface area contributed by atoms with Crippen LogP contribution in [-0.2, 0) is 4.74 Å². The molecule has 0 radical (unpaired) electrons. The van der Waals surface area contributed by atoms with Crippen LogP contribution in [0.25, 0.3) is 0 Å². The Balaban J connectivity index is 1.92. The summed E-state index contributed by atoms with van der Waals surface area (Å²) < 4.78 is 11.5. The van der Waals surface area contributed by atoms with Crippen molar-refractivity contribution in [1.29, 1.82) is 0 Å². The van der Waals surface area contributed by atoms with E-state index in [4.69, 9.17) is 21.1 Å². The van der Waals surface area contributed by atoms with E-state index in [9.17, 15) is 0 Å². The summed E-state index contributed by atoms with van der Waals surface area (Å²) >= 11 is 6.29. The van der Waals surface area contributed by atoms with Crippen molar-refractivity contribution >= 4 is 11.6 Å². The van der Waals surface area contributed by atoms with Crippen LogP contribution in [0.15, 0.2) is 18.2 Å². The molecule has 20 heavy (non-hydrogen) atoms. The summed E-state index contributed by atoms with van der Waals surface area (Å²) in [4.78, 5) is 0. The van der Waals surface area contributed by atoms with Crippen LogP contribution in [0, 0.1) is 0 Å². The molecule has 1 aromatic carbocycles. The lowest BCUT2D eigenvalue weighted by atomic mass is 10.1. The molecule has 112 valence electrons. The van der Waals surface area contributed by atoms with Gasteiger partial charge >= 0.3 is 0 Å². The first kappa shape index (κ1) is 15.6. The number of benzene rings is 1. The van der Waals surface area contributed by atoms with Crippen LogP contribution in [0.3, 0.4) is 0 Å². The van der Waals surface area contributed by atoms with Crippen LogP contribution in [0.5, 0.6) is 5.75 Å². The van der Waals surface area contributed by atoms with Crippen molar-refractivity contribution < 1.29 is 9.47 Å². The standard InChI is InChI=1S/C16H24ClNO2/c1-4-18-12(3)13-6-8-16(15(17)9-13)19-10-14-7-5-11(2)20-14/h6,8-9,11-12,14,18H,4-5,7,10H2,1-3H3. The van der Waals surface area contributed by atoms with E-state index in [0.29, 0.717) is 23.8 Å². The van der Waals surface area contributed by atoms with Gasteiger partial charge in [-0.2, -0.15) is 0 Å². The van der Waals surface area contributed by atoms with Crippen molar-refractivity contribution in [3.05, 3.63) is 28.8 Å². The zero-order valence-electron chi connectivity index (χ0n) is 12.5. The first-order chi connectivity index (χ1) is 9.60. The Morgan fingerprint density at radius 2 is 2.25 bits per heavy atom. The van der Waals surface area contributed by atoms with Gasteiger partial charge in [0.25, 0.3) is 0 Å². The number of hydrogen-bond acceptors (Lipinski definition) is 3. The predicted molar refractivity (Wildman–Crippen MR) is 82.6 cm³/mol. The van der Waals surface area contributed by atoms with Gasteiger partial charge in [-0.1, -0.05) is 24.6 Å². The molecule has 0 spiro atoms. The van der Waals surface area contributed by atoms with Crippen molar-refractivity contribution in [3.8, 4) is 5.75 Å². The molecule has 0 bridgehead atoms. The second-order valence-electron chi connectivity index (χ2n) is 5.43. The third kappa shape index (κ3) is 4.11. The van der Waals surface area contributed by atoms with E-state index in [1.54, 1.807) is 0 Å². The quantitative estimate of drug-likeness (QED) is 0.862. The molecular weight excluding hydrogens is 274 g/mol. The number of rotatable bonds is 6. The van der Waals surface area contributed by atoms with Gasteiger partial charge < -0.3 is 14.8 Å². The van der Waals surface area contributed by atoms with Crippen molar-refractivity contribution in [2.45, 2.75) is 51.9 Å². The largest absolute Gasteiger partial charge is 0.489 e. The molecule has 1 aliphatic rings. The lowest BCUT2D eigenvalue weighted by Gasteiger charge is -2.16. The molecule has 2 rings (SSSR count). The zero-order chi connectivity index (χ0) is 14.5. The maximum absolute atomic E-state index is 6.29. The Morgan fingerprint density at radius 1 is 1.45 bits per heavy atom. The SMILES string of the molecule is CCNC(C)c1ccc(OCC2CCC(C)O2)c(Cl)c1. The van der Waals surface area contributed by atoms with Crippen LogP contribution >= 0.6 is 11.6 Å². The van der Waals surface area contributed by atoms with Crippen LogP contribution in [0.1, 0.15) is 45.2 Å². The monoisotopic (exact) mass is 297 g/mol. The fourth-order valence-electron chi connectivity index (χ4n) is 2.52. The van der Waals surface area contributed by atoms with Crippen molar-refractivity contribution in [1.82, 2.24) is 5.32 Å². The summed E-state index contributed by atoms with van der Waals surface area (Å²) in [6, 6.07) is 6.28. The lowest BCUT2D eigenvalue weighted by Crippen LogP contribution is -2.19. The number of nitrogens with one attached hydrogen (secondary N) is 1. The molecule has 0 aliphatic carbocycles. The second-order valence-corrected chi connectivity index (χ2v) is 5.83. The van der Waals surface area contributed by atoms with E-state index in [0.717, 1.165) is 25.1 Å². The summed E-state index contributed by atoms with van der Waals surface area (Å²) in [5, 5.41) is 4.04. The van der Waals surface area contributed by atoms with Crippen LogP contribution in [-0.4, -0.2) is 25.4 Å². The second kappa shape index (κ2) is 7.30. The van der Waals surface area contributed by atoms with E-state index in [1.807, 2.05) is 12.1 Å². The summed E-state index contributed by atoms with van der Waals surface area (Å²) in [5.41, 5.74) is 1.18. The van der Waals surface area contributed by atoms with Crippen LogP contribution < -0.4 is 10.1 Å². The molecule has 1 saturated heterocycles. The Kier molecular flexibility index (Phi) is 5.70. The highest BCUT2D eigenvalue weighted by molar-refractivity contribution is 6.32. The Hall–Kier alpha value is -0.770. The third-order valence-corrected chi connectivity index (χ3v) is 4.01. The van der Waals surface area contributed by atoms with Crippen molar-refractivity contribution in [2.75, 3.05) is 13.2 Å². The maximum atomic E-state index is 6.29.